The first kappa shape index (κ1) is 8.04. The van der Waals surface area contributed by atoms with Crippen LogP contribution in [0.25, 0.3) is 0 Å². The Morgan fingerprint density at radius 3 is 3.00 bits per heavy atom. The Kier molecular flexibility index (Phi) is 3.55. The van der Waals surface area contributed by atoms with Crippen LogP contribution < -0.4 is 5.73 Å². The lowest BCUT2D eigenvalue weighted by atomic mass is 10.6. The molecule has 1 aliphatic heterocycles. The van der Waals surface area contributed by atoms with Gasteiger partial charge in [-0.3, -0.25) is 0 Å². The van der Waals surface area contributed by atoms with E-state index in [1.807, 2.05) is 0 Å². The number of hydrogen-bond acceptors (Lipinski definition) is 3. The maximum absolute atomic E-state index is 5.27. The average Bonchev–Trinajstić information content (AvgIpc) is 1.94. The smallest absolute Gasteiger partial charge is 0.126 e. The maximum atomic E-state index is 5.27. The van der Waals surface area contributed by atoms with E-state index in [4.69, 9.17) is 10.5 Å². The highest BCUT2D eigenvalue weighted by Crippen LogP contribution is 1.87. The van der Waals surface area contributed by atoms with Gasteiger partial charge in [0, 0.05) is 6.08 Å². The van der Waals surface area contributed by atoms with Crippen molar-refractivity contribution in [3.63, 3.8) is 0 Å². The van der Waals surface area contributed by atoms with E-state index in [-0.39, 0.29) is 12.4 Å². The van der Waals surface area contributed by atoms with Gasteiger partial charge in [0.1, 0.15) is 12.1 Å². The number of rotatable bonds is 0. The van der Waals surface area contributed by atoms with Crippen molar-refractivity contribution in [1.29, 1.82) is 0 Å². The summed E-state index contributed by atoms with van der Waals surface area (Å²) in [5, 5.41) is 0. The van der Waals surface area contributed by atoms with E-state index in [1.165, 1.54) is 18.7 Å². The molecule has 1 rings (SSSR count). The number of amidine groups is 1. The summed E-state index contributed by atoms with van der Waals surface area (Å²) in [7, 11) is 0. The molecule has 0 aromatic carbocycles. The number of nitrogens with zero attached hydrogens (tertiary/aromatic N) is 1. The Hall–Kier alpha value is -0.960. The zero-order chi connectivity index (χ0) is 5.82. The van der Waals surface area contributed by atoms with Crippen molar-refractivity contribution in [3.8, 4) is 0 Å². The van der Waals surface area contributed by atoms with Crippen LogP contribution >= 0.6 is 12.4 Å². The molecule has 0 atom stereocenters. The third-order valence-corrected chi connectivity index (χ3v) is 0.680. The Balaban J connectivity index is 0.000000640. The lowest BCUT2D eigenvalue weighted by molar-refractivity contribution is 0.403. The van der Waals surface area contributed by atoms with Crippen LogP contribution in [0.4, 0.5) is 0 Å². The molecule has 0 spiro atoms. The van der Waals surface area contributed by atoms with Gasteiger partial charge in [-0.2, -0.15) is 0 Å². The van der Waals surface area contributed by atoms with Crippen molar-refractivity contribution in [3.05, 3.63) is 24.8 Å². The van der Waals surface area contributed by atoms with Gasteiger partial charge >= 0.3 is 0 Å². The molecule has 1 heterocycles. The van der Waals surface area contributed by atoms with Crippen LogP contribution in [0.15, 0.2) is 29.8 Å². The van der Waals surface area contributed by atoms with E-state index in [2.05, 4.69) is 4.99 Å². The van der Waals surface area contributed by atoms with Gasteiger partial charge in [0.25, 0.3) is 0 Å². The van der Waals surface area contributed by atoms with Crippen LogP contribution in [-0.2, 0) is 4.74 Å². The molecule has 0 aromatic heterocycles. The molecule has 4 heteroatoms. The third-order valence-electron chi connectivity index (χ3n) is 0.680. The summed E-state index contributed by atoms with van der Waals surface area (Å²) in [5.41, 5.74) is 5.27. The van der Waals surface area contributed by atoms with Crippen LogP contribution in [-0.4, -0.2) is 5.84 Å². The molecule has 0 saturated heterocycles. The molecular formula is C5H7ClN2O. The first-order chi connectivity index (χ1) is 3.89. The zero-order valence-electron chi connectivity index (χ0n) is 4.65. The molecule has 0 bridgehead atoms. The molecule has 9 heavy (non-hydrogen) atoms. The minimum absolute atomic E-state index is 0. The van der Waals surface area contributed by atoms with E-state index in [9.17, 15) is 0 Å². The fourth-order valence-corrected chi connectivity index (χ4v) is 0.349. The monoisotopic (exact) mass is 146 g/mol. The average molecular weight is 147 g/mol. The highest BCUT2D eigenvalue weighted by Gasteiger charge is 1.82. The van der Waals surface area contributed by atoms with Crippen molar-refractivity contribution >= 4 is 18.2 Å². The standard InChI is InChI=1S/C5H6N2O.ClH/c6-5-1-3-8-4-2-7-5;/h1-4H,(H2,6,7);1H. The maximum Gasteiger partial charge on any atom is 0.126 e. The Bertz CT molecular complexity index is 162. The Morgan fingerprint density at radius 1 is 1.44 bits per heavy atom. The Morgan fingerprint density at radius 2 is 2.22 bits per heavy atom. The van der Waals surface area contributed by atoms with E-state index in [1.54, 1.807) is 6.08 Å². The van der Waals surface area contributed by atoms with Crippen molar-refractivity contribution in [2.45, 2.75) is 0 Å². The fourth-order valence-electron chi connectivity index (χ4n) is 0.349. The topological polar surface area (TPSA) is 47.6 Å². The highest BCUT2D eigenvalue weighted by molar-refractivity contribution is 5.91. The van der Waals surface area contributed by atoms with Crippen LogP contribution in [0.5, 0.6) is 0 Å². The molecule has 2 N–H and O–H groups in total. The van der Waals surface area contributed by atoms with Gasteiger partial charge in [0.05, 0.1) is 12.5 Å². The van der Waals surface area contributed by atoms with Gasteiger partial charge in [-0.1, -0.05) is 0 Å². The number of aliphatic imine (C=N–C) groups is 1. The molecule has 0 unspecified atom stereocenters. The summed E-state index contributed by atoms with van der Waals surface area (Å²) in [6.07, 6.45) is 6.01. The second-order valence-corrected chi connectivity index (χ2v) is 1.28. The molecule has 0 saturated carbocycles. The van der Waals surface area contributed by atoms with Gasteiger partial charge in [0.15, 0.2) is 0 Å². The van der Waals surface area contributed by atoms with E-state index in [0.29, 0.717) is 5.84 Å². The molecule has 0 radical (unpaired) electrons. The van der Waals surface area contributed by atoms with Gasteiger partial charge in [-0.15, -0.1) is 12.4 Å². The second kappa shape index (κ2) is 3.97. The summed E-state index contributed by atoms with van der Waals surface area (Å²) < 4.78 is 4.71. The van der Waals surface area contributed by atoms with Crippen LogP contribution in [0.1, 0.15) is 0 Å². The van der Waals surface area contributed by atoms with Crippen molar-refractivity contribution in [2.24, 2.45) is 10.7 Å². The second-order valence-electron chi connectivity index (χ2n) is 1.28. The summed E-state index contributed by atoms with van der Waals surface area (Å²) in [6, 6.07) is 0. The first-order valence-corrected chi connectivity index (χ1v) is 2.20. The molecule has 0 aromatic rings. The summed E-state index contributed by atoms with van der Waals surface area (Å²) in [4.78, 5) is 3.73. The third kappa shape index (κ3) is 2.77. The number of hydrogen-bond donors (Lipinski definition) is 1. The lowest BCUT2D eigenvalue weighted by Crippen LogP contribution is -2.05. The summed E-state index contributed by atoms with van der Waals surface area (Å²) >= 11 is 0. The molecule has 1 aliphatic rings. The van der Waals surface area contributed by atoms with Crippen LogP contribution in [0.2, 0.25) is 0 Å². The SMILES string of the molecule is Cl.NC1=NC=COC=C1. The Labute approximate surface area is 59.3 Å². The van der Waals surface area contributed by atoms with E-state index >= 15 is 0 Å². The van der Waals surface area contributed by atoms with Crippen LogP contribution in [0, 0.1) is 0 Å². The molecular weight excluding hydrogens is 140 g/mol. The van der Waals surface area contributed by atoms with Gasteiger partial charge in [-0.05, 0) is 0 Å². The largest absolute Gasteiger partial charge is 0.471 e. The molecule has 0 amide bonds. The van der Waals surface area contributed by atoms with Crippen molar-refractivity contribution < 1.29 is 4.74 Å². The quantitative estimate of drug-likeness (QED) is 0.549. The number of nitrogens with two attached hydrogens (primary N) is 1. The predicted octanol–water partition coefficient (Wildman–Crippen LogP) is 0.781. The van der Waals surface area contributed by atoms with Gasteiger partial charge < -0.3 is 10.5 Å². The normalized spacial score (nSPS) is 14.9. The lowest BCUT2D eigenvalue weighted by Gasteiger charge is -1.81. The number of ether oxygens (including phenoxy) is 1. The molecule has 50 valence electrons. The van der Waals surface area contributed by atoms with Crippen molar-refractivity contribution in [1.82, 2.24) is 0 Å². The highest BCUT2D eigenvalue weighted by atomic mass is 35.5. The van der Waals surface area contributed by atoms with E-state index < -0.39 is 0 Å². The number of halogens is 1. The minimum atomic E-state index is 0. The molecule has 0 aliphatic carbocycles. The molecule has 3 nitrogen and oxygen atoms in total. The molecule has 0 fully saturated rings. The fraction of sp³-hybridized carbons (Fsp3) is 0. The zero-order valence-corrected chi connectivity index (χ0v) is 5.47. The van der Waals surface area contributed by atoms with Crippen LogP contribution in [0.3, 0.4) is 0 Å². The summed E-state index contributed by atoms with van der Waals surface area (Å²) in [6.45, 7) is 0. The van der Waals surface area contributed by atoms with Gasteiger partial charge in [-0.25, -0.2) is 4.99 Å². The van der Waals surface area contributed by atoms with Crippen molar-refractivity contribution in [2.75, 3.05) is 0 Å². The van der Waals surface area contributed by atoms with E-state index in [0.717, 1.165) is 0 Å². The predicted molar refractivity (Wildman–Crippen MR) is 38.2 cm³/mol. The first-order valence-electron chi connectivity index (χ1n) is 2.20. The minimum Gasteiger partial charge on any atom is -0.471 e. The summed E-state index contributed by atoms with van der Waals surface area (Å²) in [5.74, 6) is 0.457. The van der Waals surface area contributed by atoms with Gasteiger partial charge in [0.2, 0.25) is 0 Å².